The number of aryl methyl sites for hydroxylation is 1. The lowest BCUT2D eigenvalue weighted by atomic mass is 10.00. The zero-order valence-electron chi connectivity index (χ0n) is 16.5. The van der Waals surface area contributed by atoms with Gasteiger partial charge in [0, 0.05) is 25.3 Å². The molecule has 1 unspecified atom stereocenters. The van der Waals surface area contributed by atoms with Crippen LogP contribution in [-0.4, -0.2) is 35.4 Å². The molecule has 1 amide bonds. The Bertz CT molecular complexity index is 1040. The van der Waals surface area contributed by atoms with Crippen LogP contribution in [0.4, 0.5) is 0 Å². The van der Waals surface area contributed by atoms with Gasteiger partial charge in [0.15, 0.2) is 0 Å². The summed E-state index contributed by atoms with van der Waals surface area (Å²) in [5.41, 5.74) is 3.80. The molecular formula is C24H25N3O2. The van der Waals surface area contributed by atoms with E-state index in [9.17, 15) is 9.59 Å². The highest BCUT2D eigenvalue weighted by molar-refractivity contribution is 5.94. The largest absolute Gasteiger partial charge is 0.329 e. The molecule has 0 aliphatic carbocycles. The molecule has 148 valence electrons. The fourth-order valence-electron chi connectivity index (χ4n) is 3.80. The minimum absolute atomic E-state index is 0.0876. The van der Waals surface area contributed by atoms with Gasteiger partial charge in [-0.15, -0.1) is 0 Å². The molecule has 0 radical (unpaired) electrons. The van der Waals surface area contributed by atoms with Crippen LogP contribution < -0.4 is 10.9 Å². The summed E-state index contributed by atoms with van der Waals surface area (Å²) in [4.78, 5) is 30.6. The average molecular weight is 387 g/mol. The number of piperazine rings is 1. The number of rotatable bonds is 4. The lowest BCUT2D eigenvalue weighted by Crippen LogP contribution is -2.49. The van der Waals surface area contributed by atoms with Crippen LogP contribution in [0.5, 0.6) is 0 Å². The number of pyridine rings is 1. The second kappa shape index (κ2) is 8.45. The van der Waals surface area contributed by atoms with Crippen LogP contribution in [0.15, 0.2) is 71.5 Å². The summed E-state index contributed by atoms with van der Waals surface area (Å²) in [7, 11) is 0. The summed E-state index contributed by atoms with van der Waals surface area (Å²) >= 11 is 0. The molecule has 1 aliphatic rings. The maximum absolute atomic E-state index is 13.3. The van der Waals surface area contributed by atoms with Crippen molar-refractivity contribution in [3.8, 4) is 11.3 Å². The first-order valence-electron chi connectivity index (χ1n) is 10.1. The summed E-state index contributed by atoms with van der Waals surface area (Å²) in [5.74, 6) is -0.225. The first-order valence-corrected chi connectivity index (χ1v) is 10.1. The molecule has 1 aliphatic heterocycles. The van der Waals surface area contributed by atoms with Crippen molar-refractivity contribution >= 4 is 5.91 Å². The van der Waals surface area contributed by atoms with Crippen molar-refractivity contribution in [1.29, 1.82) is 0 Å². The number of amides is 1. The van der Waals surface area contributed by atoms with Crippen LogP contribution in [0.25, 0.3) is 11.3 Å². The Morgan fingerprint density at radius 2 is 1.79 bits per heavy atom. The predicted octanol–water partition coefficient (Wildman–Crippen LogP) is 3.39. The van der Waals surface area contributed by atoms with Gasteiger partial charge in [-0.2, -0.15) is 0 Å². The van der Waals surface area contributed by atoms with E-state index in [4.69, 9.17) is 0 Å². The number of aromatic nitrogens is 1. The number of aromatic amines is 1. The third-order valence-corrected chi connectivity index (χ3v) is 5.50. The molecule has 5 nitrogen and oxygen atoms in total. The molecule has 0 bridgehead atoms. The molecule has 2 N–H and O–H groups in total. The van der Waals surface area contributed by atoms with Gasteiger partial charge in [-0.1, -0.05) is 61.5 Å². The smallest absolute Gasteiger partial charge is 0.261 e. The average Bonchev–Trinajstić information content (AvgIpc) is 2.79. The number of hydrogen-bond acceptors (Lipinski definition) is 3. The highest BCUT2D eigenvalue weighted by Gasteiger charge is 2.29. The van der Waals surface area contributed by atoms with E-state index in [1.54, 1.807) is 12.1 Å². The fraction of sp³-hybridized carbons (Fsp3) is 0.250. The number of carbonyl (C=O) groups is 1. The molecule has 1 fully saturated rings. The maximum Gasteiger partial charge on any atom is 0.261 e. The topological polar surface area (TPSA) is 65.2 Å². The van der Waals surface area contributed by atoms with Crippen LogP contribution >= 0.6 is 0 Å². The van der Waals surface area contributed by atoms with Gasteiger partial charge in [0.05, 0.1) is 6.04 Å². The van der Waals surface area contributed by atoms with E-state index in [-0.39, 0.29) is 23.1 Å². The lowest BCUT2D eigenvalue weighted by Gasteiger charge is -2.36. The van der Waals surface area contributed by atoms with E-state index in [1.165, 1.54) is 5.56 Å². The summed E-state index contributed by atoms with van der Waals surface area (Å²) in [6, 6.07) is 21.4. The van der Waals surface area contributed by atoms with E-state index in [0.29, 0.717) is 18.8 Å². The molecule has 2 aromatic carbocycles. The molecular weight excluding hydrogens is 362 g/mol. The minimum Gasteiger partial charge on any atom is -0.329 e. The second-order valence-electron chi connectivity index (χ2n) is 7.29. The van der Waals surface area contributed by atoms with Gasteiger partial charge in [0.2, 0.25) is 0 Å². The summed E-state index contributed by atoms with van der Waals surface area (Å²) in [6.07, 6.45) is 0.981. The van der Waals surface area contributed by atoms with Gasteiger partial charge >= 0.3 is 0 Å². The van der Waals surface area contributed by atoms with E-state index < -0.39 is 0 Å². The summed E-state index contributed by atoms with van der Waals surface area (Å²) < 4.78 is 0. The zero-order valence-corrected chi connectivity index (χ0v) is 16.5. The Hall–Kier alpha value is -3.18. The van der Waals surface area contributed by atoms with Crippen molar-refractivity contribution in [2.24, 2.45) is 0 Å². The minimum atomic E-state index is -0.352. The van der Waals surface area contributed by atoms with Gasteiger partial charge in [0.25, 0.3) is 11.5 Å². The second-order valence-corrected chi connectivity index (χ2v) is 7.29. The van der Waals surface area contributed by atoms with Crippen molar-refractivity contribution in [3.63, 3.8) is 0 Å². The van der Waals surface area contributed by atoms with Gasteiger partial charge in [-0.05, 0) is 35.2 Å². The number of nitrogens with one attached hydrogen (secondary N) is 2. The molecule has 1 aromatic heterocycles. The van der Waals surface area contributed by atoms with E-state index >= 15 is 0 Å². The van der Waals surface area contributed by atoms with Crippen LogP contribution in [-0.2, 0) is 6.42 Å². The molecule has 5 heteroatoms. The molecule has 0 saturated carbocycles. The third kappa shape index (κ3) is 4.00. The maximum atomic E-state index is 13.3. The first kappa shape index (κ1) is 19.2. The molecule has 1 atom stereocenters. The van der Waals surface area contributed by atoms with Crippen molar-refractivity contribution in [3.05, 3.63) is 93.8 Å². The molecule has 29 heavy (non-hydrogen) atoms. The van der Waals surface area contributed by atoms with Crippen molar-refractivity contribution < 1.29 is 4.79 Å². The number of benzene rings is 2. The summed E-state index contributed by atoms with van der Waals surface area (Å²) in [6.45, 7) is 4.09. The molecule has 3 aromatic rings. The highest BCUT2D eigenvalue weighted by Crippen LogP contribution is 2.24. The van der Waals surface area contributed by atoms with Gasteiger partial charge in [-0.3, -0.25) is 9.59 Å². The predicted molar refractivity (Wildman–Crippen MR) is 115 cm³/mol. The normalized spacial score (nSPS) is 16.6. The monoisotopic (exact) mass is 387 g/mol. The quantitative estimate of drug-likeness (QED) is 0.721. The highest BCUT2D eigenvalue weighted by atomic mass is 16.2. The molecule has 4 rings (SSSR count). The van der Waals surface area contributed by atoms with Gasteiger partial charge in [-0.25, -0.2) is 0 Å². The molecule has 1 saturated heterocycles. The van der Waals surface area contributed by atoms with E-state index in [0.717, 1.165) is 24.1 Å². The van der Waals surface area contributed by atoms with Crippen molar-refractivity contribution in [1.82, 2.24) is 15.2 Å². The Balaban J connectivity index is 1.62. The number of carbonyl (C=O) groups excluding carboxylic acids is 1. The standard InChI is InChI=1S/C24H25N3O2/c1-2-17-8-10-19(11-9-17)22-16-25-14-15-27(22)24(29)20-12-13-21(26-23(20)28)18-6-4-3-5-7-18/h3-13,22,25H,2,14-16H2,1H3,(H,26,28). The zero-order chi connectivity index (χ0) is 20.2. The molecule has 2 heterocycles. The Kier molecular flexibility index (Phi) is 5.58. The Labute approximate surface area is 170 Å². The van der Waals surface area contributed by atoms with Gasteiger partial charge < -0.3 is 15.2 Å². The first-order chi connectivity index (χ1) is 14.2. The number of nitrogens with zero attached hydrogens (tertiary/aromatic N) is 1. The Morgan fingerprint density at radius 3 is 2.48 bits per heavy atom. The number of hydrogen-bond donors (Lipinski definition) is 2. The SMILES string of the molecule is CCc1ccc(C2CNCCN2C(=O)c2ccc(-c3ccccc3)[nH]c2=O)cc1. The van der Waals surface area contributed by atoms with E-state index in [1.807, 2.05) is 35.2 Å². The van der Waals surface area contributed by atoms with Crippen LogP contribution in [0, 0.1) is 0 Å². The van der Waals surface area contributed by atoms with Crippen molar-refractivity contribution in [2.75, 3.05) is 19.6 Å². The van der Waals surface area contributed by atoms with Crippen LogP contribution in [0.2, 0.25) is 0 Å². The van der Waals surface area contributed by atoms with Crippen LogP contribution in [0.3, 0.4) is 0 Å². The number of H-pyrrole nitrogens is 1. The van der Waals surface area contributed by atoms with Crippen molar-refractivity contribution in [2.45, 2.75) is 19.4 Å². The third-order valence-electron chi connectivity index (χ3n) is 5.50. The fourth-order valence-corrected chi connectivity index (χ4v) is 3.80. The summed E-state index contributed by atoms with van der Waals surface area (Å²) in [5, 5.41) is 3.36. The molecule has 0 spiro atoms. The Morgan fingerprint density at radius 1 is 1.03 bits per heavy atom. The van der Waals surface area contributed by atoms with E-state index in [2.05, 4.69) is 41.5 Å². The lowest BCUT2D eigenvalue weighted by molar-refractivity contribution is 0.0632. The van der Waals surface area contributed by atoms with Gasteiger partial charge in [0.1, 0.15) is 5.56 Å². The van der Waals surface area contributed by atoms with Crippen LogP contribution in [0.1, 0.15) is 34.5 Å².